The summed E-state index contributed by atoms with van der Waals surface area (Å²) in [6.45, 7) is 3.35. The zero-order chi connectivity index (χ0) is 20.0. The summed E-state index contributed by atoms with van der Waals surface area (Å²) in [5, 5.41) is 24.4. The van der Waals surface area contributed by atoms with Crippen LogP contribution in [0.25, 0.3) is 22.0 Å². The average Bonchev–Trinajstić information content (AvgIpc) is 2.75. The maximum absolute atomic E-state index is 12.9. The highest BCUT2D eigenvalue weighted by molar-refractivity contribution is 6.00. The number of rotatable bonds is 4. The summed E-state index contributed by atoms with van der Waals surface area (Å²) in [4.78, 5) is 2.48. The van der Waals surface area contributed by atoms with Crippen LogP contribution in [0.15, 0.2) is 42.5 Å². The highest BCUT2D eigenvalue weighted by atomic mass is 19.3. The fourth-order valence-corrected chi connectivity index (χ4v) is 4.60. The molecule has 0 saturated carbocycles. The number of aromatic hydroxyl groups is 1. The van der Waals surface area contributed by atoms with E-state index in [2.05, 4.69) is 20.4 Å². The van der Waals surface area contributed by atoms with Gasteiger partial charge < -0.3 is 15.3 Å². The van der Waals surface area contributed by atoms with Crippen LogP contribution >= 0.6 is 0 Å². The Morgan fingerprint density at radius 1 is 1.03 bits per heavy atom. The first kappa shape index (κ1) is 18.2. The molecule has 3 aliphatic rings. The average molecular weight is 396 g/mol. The zero-order valence-electron chi connectivity index (χ0n) is 15.9. The number of halogens is 2. The first-order valence-corrected chi connectivity index (χ1v) is 9.96. The van der Waals surface area contributed by atoms with Crippen molar-refractivity contribution in [2.24, 2.45) is 5.92 Å². The third-order valence-electron chi connectivity index (χ3n) is 6.19. The summed E-state index contributed by atoms with van der Waals surface area (Å²) in [5.74, 6) is 1.15. The molecule has 4 heterocycles. The lowest BCUT2D eigenvalue weighted by atomic mass is 9.84. The maximum Gasteiger partial charge on any atom is 0.263 e. The minimum atomic E-state index is -2.63. The molecule has 2 bridgehead atoms. The van der Waals surface area contributed by atoms with Gasteiger partial charge in [0.15, 0.2) is 5.82 Å². The van der Waals surface area contributed by atoms with E-state index in [4.69, 9.17) is 0 Å². The van der Waals surface area contributed by atoms with Crippen molar-refractivity contribution in [2.75, 3.05) is 25.0 Å². The summed E-state index contributed by atoms with van der Waals surface area (Å²) in [6.07, 6.45) is -0.234. The zero-order valence-corrected chi connectivity index (χ0v) is 15.9. The quantitative estimate of drug-likeness (QED) is 0.682. The topological polar surface area (TPSA) is 61.3 Å². The van der Waals surface area contributed by atoms with Gasteiger partial charge >= 0.3 is 0 Å². The fraction of sp³-hybridized carbons (Fsp3) is 0.364. The number of alkyl halides is 2. The Balaban J connectivity index is 1.53. The van der Waals surface area contributed by atoms with Crippen LogP contribution in [0.2, 0.25) is 0 Å². The van der Waals surface area contributed by atoms with Crippen LogP contribution in [0.1, 0.15) is 24.8 Å². The van der Waals surface area contributed by atoms with Gasteiger partial charge in [0.1, 0.15) is 11.4 Å². The minimum absolute atomic E-state index is 0.218. The van der Waals surface area contributed by atoms with Gasteiger partial charge in [-0.1, -0.05) is 30.3 Å². The number of hydrogen-bond donors (Lipinski definition) is 2. The van der Waals surface area contributed by atoms with Crippen molar-refractivity contribution in [1.29, 1.82) is 0 Å². The maximum atomic E-state index is 12.9. The highest BCUT2D eigenvalue weighted by Gasteiger charge is 2.34. The summed E-state index contributed by atoms with van der Waals surface area (Å²) >= 11 is 0. The van der Waals surface area contributed by atoms with Crippen LogP contribution in [0.4, 0.5) is 14.6 Å². The number of benzene rings is 2. The van der Waals surface area contributed by atoms with E-state index in [1.165, 1.54) is 38.1 Å². The van der Waals surface area contributed by atoms with E-state index in [1.54, 1.807) is 0 Å². The predicted molar refractivity (Wildman–Crippen MR) is 108 cm³/mol. The lowest BCUT2D eigenvalue weighted by Crippen LogP contribution is -2.53. The van der Waals surface area contributed by atoms with Gasteiger partial charge in [0.05, 0.1) is 0 Å². The van der Waals surface area contributed by atoms with E-state index >= 15 is 0 Å². The molecule has 3 saturated heterocycles. The SMILES string of the molecule is Oc1cc(C(F)F)ccc1-c1nnc(NC2CN3CCC2CC3)c2ccccc12. The van der Waals surface area contributed by atoms with Gasteiger partial charge in [-0.2, -0.15) is 0 Å². The molecule has 1 aromatic heterocycles. The fourth-order valence-electron chi connectivity index (χ4n) is 4.60. The number of phenols is 1. The van der Waals surface area contributed by atoms with Crippen LogP contribution < -0.4 is 5.32 Å². The van der Waals surface area contributed by atoms with E-state index in [0.29, 0.717) is 23.2 Å². The molecule has 150 valence electrons. The number of hydrogen-bond acceptors (Lipinski definition) is 5. The molecule has 3 fully saturated rings. The van der Waals surface area contributed by atoms with Crippen molar-refractivity contribution >= 4 is 16.6 Å². The predicted octanol–water partition coefficient (Wildman–Crippen LogP) is 4.45. The first-order chi connectivity index (χ1) is 14.1. The molecule has 0 aliphatic carbocycles. The summed E-state index contributed by atoms with van der Waals surface area (Å²) in [6, 6.07) is 12.0. The van der Waals surface area contributed by atoms with Crippen LogP contribution in [-0.4, -0.2) is 45.9 Å². The Morgan fingerprint density at radius 2 is 1.79 bits per heavy atom. The number of piperidine rings is 3. The van der Waals surface area contributed by atoms with Gasteiger partial charge in [0, 0.05) is 34.5 Å². The molecule has 5 nitrogen and oxygen atoms in total. The Bertz CT molecular complexity index is 1050. The molecule has 0 radical (unpaired) electrons. The highest BCUT2D eigenvalue weighted by Crippen LogP contribution is 2.37. The van der Waals surface area contributed by atoms with E-state index in [-0.39, 0.29) is 11.3 Å². The molecule has 2 N–H and O–H groups in total. The van der Waals surface area contributed by atoms with Crippen molar-refractivity contribution < 1.29 is 13.9 Å². The second-order valence-corrected chi connectivity index (χ2v) is 7.91. The molecule has 7 heteroatoms. The van der Waals surface area contributed by atoms with Gasteiger partial charge in [-0.3, -0.25) is 0 Å². The number of aromatic nitrogens is 2. The number of nitrogens with one attached hydrogen (secondary N) is 1. The molecule has 3 aromatic rings. The van der Waals surface area contributed by atoms with Crippen molar-refractivity contribution in [3.8, 4) is 17.0 Å². The standard InChI is InChI=1S/C22H22F2N4O/c23-21(24)14-5-6-17(19(29)11-14)20-15-3-1-2-4-16(15)22(27-26-20)25-18-12-28-9-7-13(18)8-10-28/h1-6,11,13,18,21,29H,7-10,12H2,(H,25,27). The monoisotopic (exact) mass is 396 g/mol. The number of phenolic OH excluding ortho intramolecular Hbond substituents is 1. The summed E-state index contributed by atoms with van der Waals surface area (Å²) in [5.41, 5.74) is 0.662. The Morgan fingerprint density at radius 3 is 2.45 bits per heavy atom. The minimum Gasteiger partial charge on any atom is -0.507 e. The van der Waals surface area contributed by atoms with Crippen LogP contribution in [0, 0.1) is 5.92 Å². The molecule has 29 heavy (non-hydrogen) atoms. The Kier molecular flexibility index (Phi) is 4.54. The second-order valence-electron chi connectivity index (χ2n) is 7.91. The van der Waals surface area contributed by atoms with Crippen LogP contribution in [0.3, 0.4) is 0 Å². The Labute approximate surface area is 167 Å². The van der Waals surface area contributed by atoms with Crippen LogP contribution in [-0.2, 0) is 0 Å². The van der Waals surface area contributed by atoms with E-state index in [0.717, 1.165) is 29.2 Å². The van der Waals surface area contributed by atoms with Crippen molar-refractivity contribution in [2.45, 2.75) is 25.3 Å². The third-order valence-corrected chi connectivity index (χ3v) is 6.19. The molecule has 0 amide bonds. The van der Waals surface area contributed by atoms with Crippen LogP contribution in [0.5, 0.6) is 5.75 Å². The molecular formula is C22H22F2N4O. The third kappa shape index (κ3) is 3.29. The lowest BCUT2D eigenvalue weighted by molar-refractivity contribution is 0.0974. The molecule has 1 unspecified atom stereocenters. The summed E-state index contributed by atoms with van der Waals surface area (Å²) in [7, 11) is 0. The van der Waals surface area contributed by atoms with Gasteiger partial charge in [-0.25, -0.2) is 8.78 Å². The van der Waals surface area contributed by atoms with Crippen molar-refractivity contribution in [3.05, 3.63) is 48.0 Å². The molecular weight excluding hydrogens is 374 g/mol. The lowest BCUT2D eigenvalue weighted by Gasteiger charge is -2.45. The van der Waals surface area contributed by atoms with Gasteiger partial charge in [-0.15, -0.1) is 10.2 Å². The molecule has 0 spiro atoms. The number of fused-ring (bicyclic) bond motifs is 4. The normalized spacial score (nSPS) is 23.6. The number of anilines is 1. The second kappa shape index (κ2) is 7.22. The first-order valence-electron chi connectivity index (χ1n) is 9.96. The largest absolute Gasteiger partial charge is 0.507 e. The molecule has 1 atom stereocenters. The van der Waals surface area contributed by atoms with Gasteiger partial charge in [-0.05, 0) is 44.0 Å². The van der Waals surface area contributed by atoms with E-state index < -0.39 is 6.43 Å². The number of nitrogens with zero attached hydrogens (tertiary/aromatic N) is 3. The molecule has 3 aliphatic heterocycles. The van der Waals surface area contributed by atoms with E-state index in [1.807, 2.05) is 24.3 Å². The smallest absolute Gasteiger partial charge is 0.263 e. The molecule has 6 rings (SSSR count). The van der Waals surface area contributed by atoms with Gasteiger partial charge in [0.2, 0.25) is 0 Å². The molecule has 2 aromatic carbocycles. The van der Waals surface area contributed by atoms with Gasteiger partial charge in [0.25, 0.3) is 6.43 Å². The van der Waals surface area contributed by atoms with Crippen molar-refractivity contribution in [1.82, 2.24) is 15.1 Å². The Hall–Kier alpha value is -2.80. The van der Waals surface area contributed by atoms with Crippen molar-refractivity contribution in [3.63, 3.8) is 0 Å². The van der Waals surface area contributed by atoms with E-state index in [9.17, 15) is 13.9 Å². The summed E-state index contributed by atoms with van der Waals surface area (Å²) < 4.78 is 25.8.